The fourth-order valence-electron chi connectivity index (χ4n) is 2.76. The van der Waals surface area contributed by atoms with Crippen LogP contribution < -0.4 is 4.90 Å². The van der Waals surface area contributed by atoms with Crippen LogP contribution in [0.25, 0.3) is 0 Å². The molecule has 1 aliphatic heterocycles. The first-order chi connectivity index (χ1) is 13.3. The molecule has 150 valence electrons. The van der Waals surface area contributed by atoms with E-state index in [1.165, 1.54) is 0 Å². The van der Waals surface area contributed by atoms with Crippen molar-refractivity contribution in [1.29, 1.82) is 0 Å². The normalized spacial score (nSPS) is 15.6. The van der Waals surface area contributed by atoms with Crippen molar-refractivity contribution in [3.63, 3.8) is 0 Å². The molecule has 1 saturated heterocycles. The number of hydrogen-bond donors (Lipinski definition) is 0. The highest BCUT2D eigenvalue weighted by Crippen LogP contribution is 2.33. The maximum absolute atomic E-state index is 13.1. The Kier molecular flexibility index (Phi) is 6.41. The Morgan fingerprint density at radius 2 is 1.93 bits per heavy atom. The van der Waals surface area contributed by atoms with Gasteiger partial charge < -0.3 is 14.5 Å². The SMILES string of the molecule is CC(=NOCc1ccc(Cl)cc1)c1ncc(C(F)(F)F)cc1N1CCOCC1. The summed E-state index contributed by atoms with van der Waals surface area (Å²) in [5.74, 6) is 0. The van der Waals surface area contributed by atoms with E-state index in [4.69, 9.17) is 21.2 Å². The molecule has 1 aliphatic rings. The Balaban J connectivity index is 1.82. The average molecular weight is 414 g/mol. The molecule has 1 fully saturated rings. The number of benzene rings is 1. The Morgan fingerprint density at radius 3 is 2.57 bits per heavy atom. The van der Waals surface area contributed by atoms with Crippen molar-refractivity contribution in [2.45, 2.75) is 19.7 Å². The monoisotopic (exact) mass is 413 g/mol. The molecule has 0 radical (unpaired) electrons. The Bertz CT molecular complexity index is 835. The third-order valence-electron chi connectivity index (χ3n) is 4.24. The Labute approximate surface area is 165 Å². The highest BCUT2D eigenvalue weighted by atomic mass is 35.5. The molecule has 2 heterocycles. The lowest BCUT2D eigenvalue weighted by Gasteiger charge is -2.30. The second-order valence-corrected chi connectivity index (χ2v) is 6.70. The van der Waals surface area contributed by atoms with E-state index in [1.54, 1.807) is 19.1 Å². The van der Waals surface area contributed by atoms with Crippen LogP contribution in [-0.4, -0.2) is 37.0 Å². The summed E-state index contributed by atoms with van der Waals surface area (Å²) in [7, 11) is 0. The van der Waals surface area contributed by atoms with Crippen LogP contribution in [0.2, 0.25) is 5.02 Å². The molecule has 0 atom stereocenters. The smallest absolute Gasteiger partial charge is 0.391 e. The van der Waals surface area contributed by atoms with E-state index in [2.05, 4.69) is 10.1 Å². The minimum Gasteiger partial charge on any atom is -0.391 e. The Hall–Kier alpha value is -2.32. The number of alkyl halides is 3. The number of oxime groups is 1. The molecule has 1 aromatic heterocycles. The predicted octanol–water partition coefficient (Wildman–Crippen LogP) is 4.53. The molecule has 0 bridgehead atoms. The summed E-state index contributed by atoms with van der Waals surface area (Å²) in [5, 5.41) is 4.66. The molecule has 0 saturated carbocycles. The van der Waals surface area contributed by atoms with Gasteiger partial charge in [-0.3, -0.25) is 4.98 Å². The zero-order valence-corrected chi connectivity index (χ0v) is 15.9. The van der Waals surface area contributed by atoms with E-state index in [9.17, 15) is 13.2 Å². The lowest BCUT2D eigenvalue weighted by Crippen LogP contribution is -2.37. The highest BCUT2D eigenvalue weighted by molar-refractivity contribution is 6.30. The van der Waals surface area contributed by atoms with Crippen LogP contribution in [-0.2, 0) is 22.4 Å². The molecular weight excluding hydrogens is 395 g/mol. The number of anilines is 1. The number of rotatable bonds is 5. The number of pyridine rings is 1. The minimum atomic E-state index is -4.47. The highest BCUT2D eigenvalue weighted by Gasteiger charge is 2.33. The van der Waals surface area contributed by atoms with Crippen molar-refractivity contribution in [2.75, 3.05) is 31.2 Å². The van der Waals surface area contributed by atoms with Gasteiger partial charge in [0.1, 0.15) is 18.0 Å². The molecule has 1 aromatic carbocycles. The minimum absolute atomic E-state index is 0.210. The number of morpholine rings is 1. The lowest BCUT2D eigenvalue weighted by molar-refractivity contribution is -0.137. The molecule has 0 unspecified atom stereocenters. The standard InChI is InChI=1S/C19H19ClF3N3O2/c1-13(25-28-12-14-2-4-16(20)5-3-14)18-17(26-6-8-27-9-7-26)10-15(11-24-18)19(21,22)23/h2-5,10-11H,6-9,12H2,1H3. The summed E-state index contributed by atoms with van der Waals surface area (Å²) in [5.41, 5.74) is 1.19. The van der Waals surface area contributed by atoms with Gasteiger partial charge in [-0.1, -0.05) is 28.9 Å². The van der Waals surface area contributed by atoms with Crippen LogP contribution >= 0.6 is 11.6 Å². The average Bonchev–Trinajstić information content (AvgIpc) is 2.69. The van der Waals surface area contributed by atoms with Gasteiger partial charge in [-0.15, -0.1) is 0 Å². The van der Waals surface area contributed by atoms with Crippen molar-refractivity contribution < 1.29 is 22.7 Å². The van der Waals surface area contributed by atoms with E-state index >= 15 is 0 Å². The first-order valence-corrected chi connectivity index (χ1v) is 9.03. The fraction of sp³-hybridized carbons (Fsp3) is 0.368. The van der Waals surface area contributed by atoms with E-state index in [1.807, 2.05) is 17.0 Å². The van der Waals surface area contributed by atoms with Crippen molar-refractivity contribution >= 4 is 23.0 Å². The molecule has 3 rings (SSSR count). The van der Waals surface area contributed by atoms with Gasteiger partial charge >= 0.3 is 6.18 Å². The maximum atomic E-state index is 13.1. The molecule has 0 amide bonds. The third kappa shape index (κ3) is 5.14. The summed E-state index contributed by atoms with van der Waals surface area (Å²) >= 11 is 5.84. The summed E-state index contributed by atoms with van der Waals surface area (Å²) in [6.45, 7) is 3.71. The molecule has 28 heavy (non-hydrogen) atoms. The number of aromatic nitrogens is 1. The van der Waals surface area contributed by atoms with Gasteiger partial charge in [0.05, 0.1) is 24.5 Å². The van der Waals surface area contributed by atoms with E-state index in [-0.39, 0.29) is 6.61 Å². The number of ether oxygens (including phenoxy) is 1. The molecular formula is C19H19ClF3N3O2. The van der Waals surface area contributed by atoms with Crippen molar-refractivity contribution in [2.24, 2.45) is 5.16 Å². The van der Waals surface area contributed by atoms with Crippen LogP contribution in [0.15, 0.2) is 41.7 Å². The lowest BCUT2D eigenvalue weighted by atomic mass is 10.1. The molecule has 9 heteroatoms. The van der Waals surface area contributed by atoms with Crippen molar-refractivity contribution in [3.8, 4) is 0 Å². The number of halogens is 4. The Morgan fingerprint density at radius 1 is 1.25 bits per heavy atom. The van der Waals surface area contributed by atoms with Crippen LogP contribution in [0.3, 0.4) is 0 Å². The van der Waals surface area contributed by atoms with Gasteiger partial charge in [0, 0.05) is 24.3 Å². The van der Waals surface area contributed by atoms with Gasteiger partial charge in [0.15, 0.2) is 0 Å². The third-order valence-corrected chi connectivity index (χ3v) is 4.49. The molecule has 5 nitrogen and oxygen atoms in total. The first kappa shape index (κ1) is 20.4. The van der Waals surface area contributed by atoms with Gasteiger partial charge in [-0.2, -0.15) is 13.2 Å². The van der Waals surface area contributed by atoms with Crippen LogP contribution in [0.5, 0.6) is 0 Å². The zero-order valence-electron chi connectivity index (χ0n) is 15.2. The quantitative estimate of drug-likeness (QED) is 0.533. The molecule has 0 aliphatic carbocycles. The number of nitrogens with zero attached hydrogens (tertiary/aromatic N) is 3. The van der Waals surface area contributed by atoms with E-state index < -0.39 is 11.7 Å². The van der Waals surface area contributed by atoms with Crippen molar-refractivity contribution in [1.82, 2.24) is 4.98 Å². The topological polar surface area (TPSA) is 47.0 Å². The molecule has 0 N–H and O–H groups in total. The zero-order chi connectivity index (χ0) is 20.1. The molecule has 0 spiro atoms. The molecule has 2 aromatic rings. The van der Waals surface area contributed by atoms with Crippen LogP contribution in [0, 0.1) is 0 Å². The predicted molar refractivity (Wildman–Crippen MR) is 101 cm³/mol. The van der Waals surface area contributed by atoms with Crippen LogP contribution in [0.4, 0.5) is 18.9 Å². The first-order valence-electron chi connectivity index (χ1n) is 8.66. The summed E-state index contributed by atoms with van der Waals surface area (Å²) < 4.78 is 44.7. The summed E-state index contributed by atoms with van der Waals surface area (Å²) in [6, 6.07) is 8.20. The van der Waals surface area contributed by atoms with Gasteiger partial charge in [0.25, 0.3) is 0 Å². The number of hydrogen-bond acceptors (Lipinski definition) is 5. The van der Waals surface area contributed by atoms with Crippen molar-refractivity contribution in [3.05, 3.63) is 58.4 Å². The van der Waals surface area contributed by atoms with Gasteiger partial charge in [0.2, 0.25) is 0 Å². The summed E-state index contributed by atoms with van der Waals surface area (Å²) in [4.78, 5) is 11.2. The van der Waals surface area contributed by atoms with E-state index in [0.29, 0.717) is 48.4 Å². The second kappa shape index (κ2) is 8.79. The van der Waals surface area contributed by atoms with Gasteiger partial charge in [-0.25, -0.2) is 0 Å². The van der Waals surface area contributed by atoms with E-state index in [0.717, 1.165) is 17.8 Å². The van der Waals surface area contributed by atoms with Crippen LogP contribution in [0.1, 0.15) is 23.7 Å². The largest absolute Gasteiger partial charge is 0.417 e. The summed E-state index contributed by atoms with van der Waals surface area (Å²) in [6.07, 6.45) is -3.65. The second-order valence-electron chi connectivity index (χ2n) is 6.27. The van der Waals surface area contributed by atoms with Gasteiger partial charge in [-0.05, 0) is 30.7 Å². The maximum Gasteiger partial charge on any atom is 0.417 e. The fourth-order valence-corrected chi connectivity index (χ4v) is 2.89.